The Morgan fingerprint density at radius 2 is 1.95 bits per heavy atom. The molecule has 0 aliphatic heterocycles. The molecule has 1 heterocycles. The Morgan fingerprint density at radius 1 is 1.16 bits per heavy atom. The molecule has 1 radical (unpaired) electrons. The number of nitrogens with one attached hydrogen (secondary N) is 1. The summed E-state index contributed by atoms with van der Waals surface area (Å²) in [4.78, 5) is 15.8. The molecular formula is C16H17N2O. The van der Waals surface area contributed by atoms with Gasteiger partial charge in [0.1, 0.15) is 0 Å². The highest BCUT2D eigenvalue weighted by Crippen LogP contribution is 2.10. The highest BCUT2D eigenvalue weighted by molar-refractivity contribution is 5.90. The second-order valence-electron chi connectivity index (χ2n) is 4.36. The van der Waals surface area contributed by atoms with Crippen LogP contribution in [0.2, 0.25) is 0 Å². The van der Waals surface area contributed by atoms with E-state index in [1.165, 1.54) is 0 Å². The van der Waals surface area contributed by atoms with Crippen LogP contribution < -0.4 is 5.32 Å². The molecule has 0 aliphatic carbocycles. The van der Waals surface area contributed by atoms with Crippen LogP contribution in [0.5, 0.6) is 0 Å². The van der Waals surface area contributed by atoms with E-state index in [0.29, 0.717) is 12.8 Å². The zero-order valence-electron chi connectivity index (χ0n) is 10.8. The van der Waals surface area contributed by atoms with Crippen LogP contribution >= 0.6 is 0 Å². The molecule has 97 valence electrons. The zero-order valence-corrected chi connectivity index (χ0v) is 10.8. The first-order chi connectivity index (χ1) is 9.28. The monoisotopic (exact) mass is 253 g/mol. The van der Waals surface area contributed by atoms with Crippen molar-refractivity contribution in [2.75, 3.05) is 5.32 Å². The molecule has 3 nitrogen and oxygen atoms in total. The number of carbonyl (C=O) groups excluding carboxylic acids is 1. The maximum atomic E-state index is 11.8. The first-order valence-corrected chi connectivity index (χ1v) is 6.35. The molecule has 0 unspecified atom stereocenters. The summed E-state index contributed by atoms with van der Waals surface area (Å²) < 4.78 is 0. The van der Waals surface area contributed by atoms with Crippen LogP contribution in [0.4, 0.5) is 5.69 Å². The number of pyridine rings is 1. The lowest BCUT2D eigenvalue weighted by Crippen LogP contribution is -2.12. The summed E-state index contributed by atoms with van der Waals surface area (Å²) in [6.45, 7) is 3.82. The average molecular weight is 253 g/mol. The van der Waals surface area contributed by atoms with E-state index in [1.807, 2.05) is 36.4 Å². The number of aromatic nitrogens is 1. The van der Waals surface area contributed by atoms with Gasteiger partial charge in [-0.15, -0.1) is 0 Å². The molecule has 0 saturated heterocycles. The van der Waals surface area contributed by atoms with Crippen molar-refractivity contribution in [3.63, 3.8) is 0 Å². The van der Waals surface area contributed by atoms with Crippen LogP contribution in [-0.4, -0.2) is 10.9 Å². The zero-order chi connectivity index (χ0) is 13.5. The third-order valence-corrected chi connectivity index (χ3v) is 2.89. The Bertz CT molecular complexity index is 520. The number of rotatable bonds is 5. The van der Waals surface area contributed by atoms with Gasteiger partial charge in [-0.05, 0) is 49.1 Å². The summed E-state index contributed by atoms with van der Waals surface area (Å²) in [5.41, 5.74) is 3.06. The molecule has 1 N–H and O–H groups in total. The van der Waals surface area contributed by atoms with Crippen LogP contribution in [0.3, 0.4) is 0 Å². The van der Waals surface area contributed by atoms with Gasteiger partial charge in [-0.25, -0.2) is 0 Å². The maximum absolute atomic E-state index is 11.8. The molecule has 0 fully saturated rings. The molecule has 3 heteroatoms. The van der Waals surface area contributed by atoms with Crippen LogP contribution in [0.1, 0.15) is 17.5 Å². The fourth-order valence-electron chi connectivity index (χ4n) is 1.78. The predicted molar refractivity (Wildman–Crippen MR) is 76.7 cm³/mol. The number of hydrogen-bond acceptors (Lipinski definition) is 2. The van der Waals surface area contributed by atoms with Gasteiger partial charge >= 0.3 is 0 Å². The molecule has 19 heavy (non-hydrogen) atoms. The number of amides is 1. The summed E-state index contributed by atoms with van der Waals surface area (Å²) in [6, 6.07) is 11.6. The van der Waals surface area contributed by atoms with E-state index in [9.17, 15) is 4.79 Å². The topological polar surface area (TPSA) is 42.0 Å². The molecule has 1 aromatic carbocycles. The van der Waals surface area contributed by atoms with Crippen molar-refractivity contribution >= 4 is 11.6 Å². The number of hydrogen-bond donors (Lipinski definition) is 1. The third-order valence-electron chi connectivity index (χ3n) is 2.89. The van der Waals surface area contributed by atoms with E-state index < -0.39 is 0 Å². The predicted octanol–water partition coefficient (Wildman–Crippen LogP) is 3.03. The van der Waals surface area contributed by atoms with Crippen molar-refractivity contribution < 1.29 is 4.79 Å². The second-order valence-corrected chi connectivity index (χ2v) is 4.36. The van der Waals surface area contributed by atoms with Crippen molar-refractivity contribution in [1.29, 1.82) is 0 Å². The van der Waals surface area contributed by atoms with Crippen molar-refractivity contribution in [2.45, 2.75) is 19.3 Å². The first-order valence-electron chi connectivity index (χ1n) is 6.35. The molecule has 0 atom stereocenters. The van der Waals surface area contributed by atoms with Gasteiger partial charge in [-0.3, -0.25) is 9.78 Å². The average Bonchev–Trinajstić information content (AvgIpc) is 2.47. The minimum absolute atomic E-state index is 0.0197. The van der Waals surface area contributed by atoms with Crippen LogP contribution in [0.25, 0.3) is 0 Å². The Balaban J connectivity index is 1.83. The van der Waals surface area contributed by atoms with Gasteiger partial charge < -0.3 is 5.32 Å². The van der Waals surface area contributed by atoms with Gasteiger partial charge in [0.2, 0.25) is 5.91 Å². The molecule has 1 aromatic heterocycles. The van der Waals surface area contributed by atoms with E-state index in [0.717, 1.165) is 23.2 Å². The summed E-state index contributed by atoms with van der Waals surface area (Å²) in [5.74, 6) is 0.0197. The maximum Gasteiger partial charge on any atom is 0.224 e. The van der Waals surface area contributed by atoms with E-state index in [2.05, 4.69) is 17.2 Å². The van der Waals surface area contributed by atoms with Gasteiger partial charge in [-0.2, -0.15) is 0 Å². The first kappa shape index (κ1) is 13.3. The number of benzene rings is 1. The van der Waals surface area contributed by atoms with E-state index in [1.54, 1.807) is 12.4 Å². The van der Waals surface area contributed by atoms with Crippen molar-refractivity contribution in [2.24, 2.45) is 0 Å². The SMILES string of the molecule is [CH2]Cc1ccc(NC(=O)CCc2cccnc2)cc1. The highest BCUT2D eigenvalue weighted by Gasteiger charge is 2.03. The smallest absolute Gasteiger partial charge is 0.224 e. The Hall–Kier alpha value is -2.16. The Labute approximate surface area is 113 Å². The summed E-state index contributed by atoms with van der Waals surface area (Å²) in [6.07, 6.45) is 5.44. The minimum Gasteiger partial charge on any atom is -0.326 e. The van der Waals surface area contributed by atoms with Crippen LogP contribution in [-0.2, 0) is 17.6 Å². The lowest BCUT2D eigenvalue weighted by molar-refractivity contribution is -0.116. The number of nitrogens with zero attached hydrogens (tertiary/aromatic N) is 1. The largest absolute Gasteiger partial charge is 0.326 e. The number of aryl methyl sites for hydroxylation is 1. The molecule has 2 aromatic rings. The Kier molecular flexibility index (Phi) is 4.67. The fourth-order valence-corrected chi connectivity index (χ4v) is 1.78. The Morgan fingerprint density at radius 3 is 2.58 bits per heavy atom. The van der Waals surface area contributed by atoms with Crippen molar-refractivity contribution in [3.8, 4) is 0 Å². The third kappa shape index (κ3) is 4.21. The molecule has 0 aliphatic rings. The summed E-state index contributed by atoms with van der Waals surface area (Å²) in [5, 5.41) is 2.88. The lowest BCUT2D eigenvalue weighted by Gasteiger charge is -2.06. The van der Waals surface area contributed by atoms with Crippen LogP contribution in [0.15, 0.2) is 48.8 Å². The van der Waals surface area contributed by atoms with Crippen molar-refractivity contribution in [1.82, 2.24) is 4.98 Å². The van der Waals surface area contributed by atoms with E-state index >= 15 is 0 Å². The molecule has 0 spiro atoms. The van der Waals surface area contributed by atoms with Gasteiger partial charge in [0.15, 0.2) is 0 Å². The fraction of sp³-hybridized carbons (Fsp3) is 0.188. The van der Waals surface area contributed by atoms with Gasteiger partial charge in [0.05, 0.1) is 0 Å². The van der Waals surface area contributed by atoms with Gasteiger partial charge in [-0.1, -0.05) is 18.2 Å². The lowest BCUT2D eigenvalue weighted by atomic mass is 10.1. The molecule has 0 bridgehead atoms. The normalized spacial score (nSPS) is 10.2. The van der Waals surface area contributed by atoms with Gasteiger partial charge in [0.25, 0.3) is 0 Å². The van der Waals surface area contributed by atoms with E-state index in [4.69, 9.17) is 0 Å². The second kappa shape index (κ2) is 6.69. The highest BCUT2D eigenvalue weighted by atomic mass is 16.1. The number of carbonyl (C=O) groups is 1. The number of anilines is 1. The molecular weight excluding hydrogens is 236 g/mol. The molecule has 2 rings (SSSR count). The van der Waals surface area contributed by atoms with Gasteiger partial charge in [0, 0.05) is 24.5 Å². The van der Waals surface area contributed by atoms with Crippen LogP contribution in [0, 0.1) is 6.92 Å². The summed E-state index contributed by atoms with van der Waals surface area (Å²) in [7, 11) is 0. The van der Waals surface area contributed by atoms with E-state index in [-0.39, 0.29) is 5.91 Å². The molecule has 1 amide bonds. The standard InChI is InChI=1S/C16H17N2O/c1-2-13-5-8-15(9-6-13)18-16(19)10-7-14-4-3-11-17-12-14/h3-6,8-9,11-12H,1-2,7,10H2,(H,18,19). The summed E-state index contributed by atoms with van der Waals surface area (Å²) >= 11 is 0. The van der Waals surface area contributed by atoms with Crippen molar-refractivity contribution in [3.05, 3.63) is 66.8 Å². The quantitative estimate of drug-likeness (QED) is 0.890. The minimum atomic E-state index is 0.0197. The molecule has 0 saturated carbocycles.